The standard InChI is InChI=1S/C24H25Cl2N3O4/c1-13-11-29(12-14(2)28(13)3)24(31)22-8-16-15(5-6-21(32-4)23(16)33-22)20(30)7-17-18(25)9-27-10-19(17)26/h5-6,8-10,13-14H,7,11-12H2,1-4H3. The predicted molar refractivity (Wildman–Crippen MR) is 128 cm³/mol. The molecule has 0 saturated carbocycles. The number of amides is 1. The van der Waals surface area contributed by atoms with Crippen LogP contribution in [0, 0.1) is 0 Å². The van der Waals surface area contributed by atoms with Crippen LogP contribution in [-0.4, -0.2) is 65.8 Å². The number of ether oxygens (including phenoxy) is 1. The molecule has 1 aliphatic rings. The van der Waals surface area contributed by atoms with Crippen molar-refractivity contribution in [2.75, 3.05) is 27.2 Å². The third-order valence-corrected chi connectivity index (χ3v) is 6.97. The lowest BCUT2D eigenvalue weighted by Gasteiger charge is -2.42. The van der Waals surface area contributed by atoms with Crippen LogP contribution in [-0.2, 0) is 6.42 Å². The number of fused-ring (bicyclic) bond motifs is 1. The normalized spacial score (nSPS) is 19.2. The number of ketones is 1. The van der Waals surface area contributed by atoms with Crippen LogP contribution in [0.4, 0.5) is 0 Å². The fraction of sp³-hybridized carbons (Fsp3) is 0.375. The summed E-state index contributed by atoms with van der Waals surface area (Å²) in [7, 11) is 3.57. The van der Waals surface area contributed by atoms with Crippen molar-refractivity contribution in [2.45, 2.75) is 32.4 Å². The van der Waals surface area contributed by atoms with E-state index < -0.39 is 0 Å². The van der Waals surface area contributed by atoms with E-state index in [9.17, 15) is 9.59 Å². The number of carbonyl (C=O) groups is 2. The van der Waals surface area contributed by atoms with E-state index in [1.54, 1.807) is 23.1 Å². The SMILES string of the molecule is COc1ccc(C(=O)Cc2c(Cl)cncc2Cl)c2cc(C(=O)N3CC(C)N(C)C(C)C3)oc12. The minimum Gasteiger partial charge on any atom is -0.493 e. The number of aromatic nitrogens is 1. The van der Waals surface area contributed by atoms with Gasteiger partial charge in [0.1, 0.15) is 0 Å². The Morgan fingerprint density at radius 1 is 1.15 bits per heavy atom. The van der Waals surface area contributed by atoms with Crippen LogP contribution >= 0.6 is 23.2 Å². The molecule has 0 bridgehead atoms. The van der Waals surface area contributed by atoms with E-state index in [0.717, 1.165) is 0 Å². The first kappa shape index (κ1) is 23.5. The molecule has 0 spiro atoms. The van der Waals surface area contributed by atoms with Crippen molar-refractivity contribution < 1.29 is 18.7 Å². The highest BCUT2D eigenvalue weighted by Crippen LogP contribution is 2.34. The van der Waals surface area contributed by atoms with Crippen LogP contribution in [0.25, 0.3) is 11.0 Å². The van der Waals surface area contributed by atoms with Crippen molar-refractivity contribution in [1.29, 1.82) is 0 Å². The smallest absolute Gasteiger partial charge is 0.289 e. The Kier molecular flexibility index (Phi) is 6.66. The molecule has 2 aromatic heterocycles. The van der Waals surface area contributed by atoms with Crippen molar-refractivity contribution in [3.05, 3.63) is 57.5 Å². The zero-order valence-electron chi connectivity index (χ0n) is 18.9. The number of benzene rings is 1. The van der Waals surface area contributed by atoms with Gasteiger partial charge in [-0.15, -0.1) is 0 Å². The topological polar surface area (TPSA) is 75.9 Å². The zero-order valence-corrected chi connectivity index (χ0v) is 20.4. The monoisotopic (exact) mass is 489 g/mol. The lowest BCUT2D eigenvalue weighted by atomic mass is 10.00. The lowest BCUT2D eigenvalue weighted by Crippen LogP contribution is -2.56. The number of hydrogen-bond donors (Lipinski definition) is 0. The molecule has 3 heterocycles. The Morgan fingerprint density at radius 3 is 2.39 bits per heavy atom. The van der Waals surface area contributed by atoms with Gasteiger partial charge in [0.05, 0.1) is 17.2 Å². The van der Waals surface area contributed by atoms with Gasteiger partial charge in [0.25, 0.3) is 5.91 Å². The summed E-state index contributed by atoms with van der Waals surface area (Å²) in [6.45, 7) is 5.37. The van der Waals surface area contributed by atoms with Gasteiger partial charge in [-0.05, 0) is 39.1 Å². The molecule has 2 unspecified atom stereocenters. The van der Waals surface area contributed by atoms with E-state index in [-0.39, 0.29) is 36.0 Å². The number of methoxy groups -OCH3 is 1. The van der Waals surface area contributed by atoms with E-state index in [0.29, 0.717) is 51.0 Å². The van der Waals surface area contributed by atoms with Crippen LogP contribution in [0.1, 0.15) is 40.3 Å². The van der Waals surface area contributed by atoms with Crippen molar-refractivity contribution >= 4 is 45.9 Å². The van der Waals surface area contributed by atoms with Crippen LogP contribution in [0.15, 0.2) is 35.0 Å². The molecule has 3 aromatic rings. The number of nitrogens with zero attached hydrogens (tertiary/aromatic N) is 3. The molecule has 1 amide bonds. The van der Waals surface area contributed by atoms with Crippen molar-refractivity contribution in [1.82, 2.24) is 14.8 Å². The maximum atomic E-state index is 13.3. The van der Waals surface area contributed by atoms with Crippen LogP contribution in [0.2, 0.25) is 10.0 Å². The second-order valence-electron chi connectivity index (χ2n) is 8.42. The van der Waals surface area contributed by atoms with Gasteiger partial charge in [-0.1, -0.05) is 23.2 Å². The number of pyridine rings is 1. The van der Waals surface area contributed by atoms with Crippen LogP contribution in [0.5, 0.6) is 5.75 Å². The van der Waals surface area contributed by atoms with Gasteiger partial charge in [0, 0.05) is 60.5 Å². The molecule has 174 valence electrons. The molecular weight excluding hydrogens is 465 g/mol. The largest absolute Gasteiger partial charge is 0.493 e. The first-order chi connectivity index (χ1) is 15.7. The number of rotatable bonds is 5. The highest BCUT2D eigenvalue weighted by molar-refractivity contribution is 6.36. The first-order valence-electron chi connectivity index (χ1n) is 10.6. The quantitative estimate of drug-likeness (QED) is 0.482. The number of furan rings is 1. The molecule has 1 aliphatic heterocycles. The third kappa shape index (κ3) is 4.45. The average molecular weight is 490 g/mol. The molecule has 0 aliphatic carbocycles. The Bertz CT molecular complexity index is 1190. The number of halogens is 2. The Hall–Kier alpha value is -2.61. The fourth-order valence-electron chi connectivity index (χ4n) is 4.20. The lowest BCUT2D eigenvalue weighted by molar-refractivity contribution is 0.0391. The molecule has 0 radical (unpaired) electrons. The summed E-state index contributed by atoms with van der Waals surface area (Å²) < 4.78 is 11.4. The predicted octanol–water partition coefficient (Wildman–Crippen LogP) is 4.73. The van der Waals surface area contributed by atoms with Gasteiger partial charge in [-0.3, -0.25) is 19.5 Å². The van der Waals surface area contributed by atoms with Gasteiger partial charge in [0.2, 0.25) is 0 Å². The van der Waals surface area contributed by atoms with Crippen molar-refractivity contribution in [3.8, 4) is 5.75 Å². The second kappa shape index (κ2) is 9.33. The molecule has 9 heteroatoms. The number of piperazine rings is 1. The molecule has 2 atom stereocenters. The Balaban J connectivity index is 1.70. The molecule has 33 heavy (non-hydrogen) atoms. The summed E-state index contributed by atoms with van der Waals surface area (Å²) in [5.74, 6) is 0.200. The van der Waals surface area contributed by atoms with Crippen molar-refractivity contribution in [2.24, 2.45) is 0 Å². The molecule has 1 saturated heterocycles. The summed E-state index contributed by atoms with van der Waals surface area (Å²) in [6.07, 6.45) is 2.89. The van der Waals surface area contributed by atoms with E-state index in [4.69, 9.17) is 32.4 Å². The summed E-state index contributed by atoms with van der Waals surface area (Å²) in [4.78, 5) is 34.5. The van der Waals surface area contributed by atoms with Gasteiger partial charge < -0.3 is 14.1 Å². The van der Waals surface area contributed by atoms with Gasteiger partial charge in [0.15, 0.2) is 22.9 Å². The molecule has 1 fully saturated rings. The molecule has 7 nitrogen and oxygen atoms in total. The minimum absolute atomic E-state index is 0.0104. The van der Waals surface area contributed by atoms with Crippen LogP contribution in [0.3, 0.4) is 0 Å². The minimum atomic E-state index is -0.210. The third-order valence-electron chi connectivity index (χ3n) is 6.32. The van der Waals surface area contributed by atoms with Gasteiger partial charge in [-0.25, -0.2) is 0 Å². The summed E-state index contributed by atoms with van der Waals surface area (Å²) in [5.41, 5.74) is 1.26. The first-order valence-corrected chi connectivity index (χ1v) is 11.4. The average Bonchev–Trinajstić information content (AvgIpc) is 3.23. The molecule has 4 rings (SSSR count). The van der Waals surface area contributed by atoms with E-state index in [1.165, 1.54) is 19.5 Å². The number of Topliss-reactive ketones (excluding diaryl/α,β-unsaturated/α-hetero) is 1. The maximum Gasteiger partial charge on any atom is 0.289 e. The van der Waals surface area contributed by atoms with E-state index in [2.05, 4.69) is 30.8 Å². The van der Waals surface area contributed by atoms with Crippen LogP contribution < -0.4 is 4.74 Å². The Labute approximate surface area is 202 Å². The number of hydrogen-bond acceptors (Lipinski definition) is 6. The fourth-order valence-corrected chi connectivity index (χ4v) is 4.69. The number of likely N-dealkylation sites (N-methyl/N-ethyl adjacent to an activating group) is 1. The summed E-state index contributed by atoms with van der Waals surface area (Å²) in [5, 5.41) is 1.16. The number of carbonyl (C=O) groups excluding carboxylic acids is 2. The maximum absolute atomic E-state index is 13.3. The van der Waals surface area contributed by atoms with E-state index >= 15 is 0 Å². The second-order valence-corrected chi connectivity index (χ2v) is 9.24. The molecule has 0 N–H and O–H groups in total. The Morgan fingerprint density at radius 2 is 1.79 bits per heavy atom. The van der Waals surface area contributed by atoms with Gasteiger partial charge in [-0.2, -0.15) is 0 Å². The van der Waals surface area contributed by atoms with Gasteiger partial charge >= 0.3 is 0 Å². The van der Waals surface area contributed by atoms with E-state index in [1.807, 2.05) is 0 Å². The van der Waals surface area contributed by atoms with Crippen molar-refractivity contribution in [3.63, 3.8) is 0 Å². The summed E-state index contributed by atoms with van der Waals surface area (Å²) >= 11 is 12.4. The summed E-state index contributed by atoms with van der Waals surface area (Å²) in [6, 6.07) is 5.39. The molecule has 1 aromatic carbocycles. The zero-order chi connectivity index (χ0) is 23.9. The highest BCUT2D eigenvalue weighted by Gasteiger charge is 2.32. The highest BCUT2D eigenvalue weighted by atomic mass is 35.5. The molecular formula is C24H25Cl2N3O4.